The molecule has 124 valence electrons. The van der Waals surface area contributed by atoms with Crippen molar-refractivity contribution in [2.45, 2.75) is 12.6 Å². The van der Waals surface area contributed by atoms with Crippen molar-refractivity contribution < 1.29 is 4.74 Å². The molecule has 3 N–H and O–H groups in total. The van der Waals surface area contributed by atoms with Gasteiger partial charge in [-0.2, -0.15) is 0 Å². The van der Waals surface area contributed by atoms with Gasteiger partial charge in [-0.05, 0) is 19.1 Å². The number of amidine groups is 1. The molecule has 1 aromatic rings. The first-order valence-electron chi connectivity index (χ1n) is 8.06. The van der Waals surface area contributed by atoms with Crippen molar-refractivity contribution in [3.63, 3.8) is 0 Å². The number of hydrogen-bond donors (Lipinski definition) is 3. The Balaban J connectivity index is 1.88. The molecule has 1 unspecified atom stereocenters. The van der Waals surface area contributed by atoms with Crippen LogP contribution in [-0.2, 0) is 5.66 Å². The Labute approximate surface area is 137 Å². The van der Waals surface area contributed by atoms with Crippen LogP contribution in [0, 0.1) is 0 Å². The maximum absolute atomic E-state index is 5.56. The Hall–Kier alpha value is -1.89. The average molecular weight is 315 g/mol. The van der Waals surface area contributed by atoms with Crippen molar-refractivity contribution in [1.82, 2.24) is 20.9 Å². The molecule has 0 saturated carbocycles. The first-order chi connectivity index (χ1) is 11.2. The predicted octanol–water partition coefficient (Wildman–Crippen LogP) is 0.836. The topological polar surface area (TPSA) is 60.9 Å². The molecule has 2 heterocycles. The molecule has 0 spiro atoms. The summed E-state index contributed by atoms with van der Waals surface area (Å²) in [5.74, 6) is 1.72. The molecule has 6 nitrogen and oxygen atoms in total. The van der Waals surface area contributed by atoms with Crippen LogP contribution in [0.5, 0.6) is 5.75 Å². The molecule has 2 aliphatic rings. The van der Waals surface area contributed by atoms with E-state index in [1.807, 2.05) is 31.3 Å². The Morgan fingerprint density at radius 1 is 1.30 bits per heavy atom. The molecule has 0 bridgehead atoms. The maximum Gasteiger partial charge on any atom is 0.163 e. The summed E-state index contributed by atoms with van der Waals surface area (Å²) >= 11 is 0. The summed E-state index contributed by atoms with van der Waals surface area (Å²) in [5.41, 5.74) is 0.419. The Bertz CT molecular complexity index is 594. The second kappa shape index (κ2) is 7.12. The summed E-state index contributed by atoms with van der Waals surface area (Å²) in [4.78, 5) is 7.26. The molecular formula is C17H25N5O. The molecule has 0 aromatic heterocycles. The molecule has 1 saturated heterocycles. The van der Waals surface area contributed by atoms with E-state index < -0.39 is 5.66 Å². The number of benzene rings is 1. The van der Waals surface area contributed by atoms with Crippen LogP contribution in [0.2, 0.25) is 0 Å². The van der Waals surface area contributed by atoms with Gasteiger partial charge in [-0.15, -0.1) is 0 Å². The first-order valence-corrected chi connectivity index (χ1v) is 8.06. The van der Waals surface area contributed by atoms with Crippen molar-refractivity contribution in [2.24, 2.45) is 4.99 Å². The number of nitrogens with zero attached hydrogens (tertiary/aromatic N) is 2. The van der Waals surface area contributed by atoms with Crippen LogP contribution in [0.4, 0.5) is 0 Å². The lowest BCUT2D eigenvalue weighted by atomic mass is 9.97. The Morgan fingerprint density at radius 2 is 2.09 bits per heavy atom. The third kappa shape index (κ3) is 3.55. The second-order valence-corrected chi connectivity index (χ2v) is 5.84. The van der Waals surface area contributed by atoms with Gasteiger partial charge >= 0.3 is 0 Å². The van der Waals surface area contributed by atoms with Crippen molar-refractivity contribution in [2.75, 3.05) is 40.0 Å². The highest BCUT2D eigenvalue weighted by Gasteiger charge is 2.33. The smallest absolute Gasteiger partial charge is 0.163 e. The number of rotatable bonds is 5. The molecule has 0 radical (unpaired) electrons. The summed E-state index contributed by atoms with van der Waals surface area (Å²) in [5, 5.41) is 10.2. The van der Waals surface area contributed by atoms with Crippen LogP contribution < -0.4 is 20.7 Å². The van der Waals surface area contributed by atoms with Crippen molar-refractivity contribution in [3.05, 3.63) is 42.1 Å². The van der Waals surface area contributed by atoms with Crippen LogP contribution in [0.1, 0.15) is 12.5 Å². The summed E-state index contributed by atoms with van der Waals surface area (Å²) in [6.07, 6.45) is 4.00. The number of para-hydroxylation sites is 1. The minimum Gasteiger partial charge on any atom is -0.496 e. The quantitative estimate of drug-likeness (QED) is 0.751. The lowest BCUT2D eigenvalue weighted by Crippen LogP contribution is -2.52. The standard InChI is InChI=1S/C17H25N5O/c1-14-19-8-7-17(21-14,15-5-3-4-6-16(15)23-2)20-13-22-11-9-18-10-12-22/h3-8,18,20H,9-13H2,1-2H3,(H,19,21). The number of methoxy groups -OCH3 is 1. The summed E-state index contributed by atoms with van der Waals surface area (Å²) < 4.78 is 5.56. The Morgan fingerprint density at radius 3 is 2.83 bits per heavy atom. The molecule has 0 aliphatic carbocycles. The van der Waals surface area contributed by atoms with Gasteiger partial charge in [-0.25, -0.2) is 4.99 Å². The zero-order chi connectivity index (χ0) is 16.1. The van der Waals surface area contributed by atoms with Crippen LogP contribution in [0.3, 0.4) is 0 Å². The molecule has 1 fully saturated rings. The number of aliphatic imine (C=N–C) groups is 1. The molecule has 3 rings (SSSR count). The second-order valence-electron chi connectivity index (χ2n) is 5.84. The van der Waals surface area contributed by atoms with Gasteiger partial charge in [0.2, 0.25) is 0 Å². The van der Waals surface area contributed by atoms with E-state index in [0.717, 1.165) is 50.0 Å². The molecule has 2 aliphatic heterocycles. The fourth-order valence-electron chi connectivity index (χ4n) is 3.02. The highest BCUT2D eigenvalue weighted by Crippen LogP contribution is 2.33. The molecule has 0 amide bonds. The van der Waals surface area contributed by atoms with E-state index >= 15 is 0 Å². The van der Waals surface area contributed by atoms with Crippen molar-refractivity contribution in [3.8, 4) is 5.75 Å². The number of piperazine rings is 1. The van der Waals surface area contributed by atoms with Crippen LogP contribution in [0.15, 0.2) is 41.5 Å². The van der Waals surface area contributed by atoms with Gasteiger partial charge in [-0.3, -0.25) is 10.2 Å². The zero-order valence-corrected chi connectivity index (χ0v) is 13.8. The lowest BCUT2D eigenvalue weighted by molar-refractivity contribution is 0.198. The largest absolute Gasteiger partial charge is 0.496 e. The van der Waals surface area contributed by atoms with Gasteiger partial charge in [0.1, 0.15) is 11.6 Å². The van der Waals surface area contributed by atoms with Crippen LogP contribution >= 0.6 is 0 Å². The highest BCUT2D eigenvalue weighted by molar-refractivity contribution is 5.82. The third-order valence-electron chi connectivity index (χ3n) is 4.26. The van der Waals surface area contributed by atoms with Gasteiger partial charge in [0, 0.05) is 37.9 Å². The highest BCUT2D eigenvalue weighted by atomic mass is 16.5. The van der Waals surface area contributed by atoms with E-state index in [0.29, 0.717) is 0 Å². The molecule has 1 aromatic carbocycles. The average Bonchev–Trinajstić information content (AvgIpc) is 2.61. The minimum atomic E-state index is -0.604. The summed E-state index contributed by atoms with van der Waals surface area (Å²) in [6, 6.07) is 8.04. The first kappa shape index (κ1) is 16.0. The van der Waals surface area contributed by atoms with E-state index in [1.54, 1.807) is 7.11 Å². The van der Waals surface area contributed by atoms with Crippen LogP contribution in [-0.4, -0.2) is 50.7 Å². The number of ether oxygens (including phenoxy) is 1. The van der Waals surface area contributed by atoms with Gasteiger partial charge < -0.3 is 15.4 Å². The van der Waals surface area contributed by atoms with Gasteiger partial charge in [0.15, 0.2) is 5.66 Å². The fraction of sp³-hybridized carbons (Fsp3) is 0.471. The Kier molecular flexibility index (Phi) is 4.95. The third-order valence-corrected chi connectivity index (χ3v) is 4.26. The monoisotopic (exact) mass is 315 g/mol. The van der Waals surface area contributed by atoms with E-state index in [4.69, 9.17) is 9.73 Å². The fourth-order valence-corrected chi connectivity index (χ4v) is 3.02. The zero-order valence-electron chi connectivity index (χ0n) is 13.8. The van der Waals surface area contributed by atoms with Crippen molar-refractivity contribution >= 4 is 5.84 Å². The summed E-state index contributed by atoms with van der Waals surface area (Å²) in [7, 11) is 1.70. The van der Waals surface area contributed by atoms with E-state index in [-0.39, 0.29) is 0 Å². The normalized spacial score (nSPS) is 24.9. The van der Waals surface area contributed by atoms with Gasteiger partial charge in [0.05, 0.1) is 13.8 Å². The lowest BCUT2D eigenvalue weighted by Gasteiger charge is -2.36. The van der Waals surface area contributed by atoms with E-state index in [2.05, 4.69) is 33.0 Å². The molecule has 6 heteroatoms. The SMILES string of the molecule is COc1ccccc1C1(NCN2CCNCC2)C=CNC(C)=N1. The maximum atomic E-state index is 5.56. The van der Waals surface area contributed by atoms with E-state index in [1.165, 1.54) is 0 Å². The predicted molar refractivity (Wildman–Crippen MR) is 92.5 cm³/mol. The van der Waals surface area contributed by atoms with Gasteiger partial charge in [-0.1, -0.05) is 18.2 Å². The van der Waals surface area contributed by atoms with E-state index in [9.17, 15) is 0 Å². The molecular weight excluding hydrogens is 290 g/mol. The number of hydrogen-bond acceptors (Lipinski definition) is 6. The molecule has 23 heavy (non-hydrogen) atoms. The van der Waals surface area contributed by atoms with Gasteiger partial charge in [0.25, 0.3) is 0 Å². The number of nitrogens with one attached hydrogen (secondary N) is 3. The van der Waals surface area contributed by atoms with Crippen LogP contribution in [0.25, 0.3) is 0 Å². The minimum absolute atomic E-state index is 0.604. The van der Waals surface area contributed by atoms with Crippen molar-refractivity contribution in [1.29, 1.82) is 0 Å². The molecule has 1 atom stereocenters. The summed E-state index contributed by atoms with van der Waals surface area (Å²) in [6.45, 7) is 6.90.